The Hall–Kier alpha value is -1.89. The van der Waals surface area contributed by atoms with E-state index >= 15 is 0 Å². The van der Waals surface area contributed by atoms with Gasteiger partial charge in [-0.2, -0.15) is 0 Å². The number of aryl methyl sites for hydroxylation is 1. The van der Waals surface area contributed by atoms with Crippen LogP contribution in [-0.2, 0) is 4.74 Å². The van der Waals surface area contributed by atoms with Gasteiger partial charge in [-0.1, -0.05) is 15.9 Å². The number of carbonyl (C=O) groups is 1. The van der Waals surface area contributed by atoms with Gasteiger partial charge in [-0.15, -0.1) is 20.4 Å². The Morgan fingerprint density at radius 3 is 2.50 bits per heavy atom. The highest BCUT2D eigenvalue weighted by molar-refractivity contribution is 9.10. The molecule has 0 aliphatic rings. The molecule has 0 spiro atoms. The summed E-state index contributed by atoms with van der Waals surface area (Å²) in [5, 5.41) is 15.5. The van der Waals surface area contributed by atoms with Crippen molar-refractivity contribution in [2.45, 2.75) is 6.92 Å². The van der Waals surface area contributed by atoms with E-state index in [1.165, 1.54) is 7.11 Å². The van der Waals surface area contributed by atoms with Crippen molar-refractivity contribution in [2.24, 2.45) is 0 Å². The zero-order chi connectivity index (χ0) is 13.1. The van der Waals surface area contributed by atoms with E-state index in [9.17, 15) is 4.79 Å². The van der Waals surface area contributed by atoms with E-state index in [4.69, 9.17) is 4.74 Å². The summed E-state index contributed by atoms with van der Waals surface area (Å²) in [5.41, 5.74) is 0.893. The number of nitrogens with zero attached hydrogens (tertiary/aromatic N) is 4. The third-order valence-electron chi connectivity index (χ3n) is 2.21. The smallest absolute Gasteiger partial charge is 0.338 e. The summed E-state index contributed by atoms with van der Waals surface area (Å²) in [4.78, 5) is 11.7. The van der Waals surface area contributed by atoms with Crippen LogP contribution in [0.25, 0.3) is 11.4 Å². The Kier molecular flexibility index (Phi) is 3.61. The summed E-state index contributed by atoms with van der Waals surface area (Å²) in [6.45, 7) is 1.69. The van der Waals surface area contributed by atoms with Crippen LogP contribution < -0.4 is 0 Å². The molecular formula is C11H9BrN4O2. The number of benzene rings is 1. The standard InChI is InChI=1S/C11H9BrN4O2/c1-6-13-15-10(16-14-6)9-5-7(12)3-4-8(9)11(17)18-2/h3-5H,1-2H3. The van der Waals surface area contributed by atoms with Crippen LogP contribution in [-0.4, -0.2) is 33.5 Å². The van der Waals surface area contributed by atoms with Crippen LogP contribution in [0, 0.1) is 6.92 Å². The quantitative estimate of drug-likeness (QED) is 0.787. The Morgan fingerprint density at radius 1 is 1.22 bits per heavy atom. The summed E-state index contributed by atoms with van der Waals surface area (Å²) in [6.07, 6.45) is 0. The average Bonchev–Trinajstić information content (AvgIpc) is 2.38. The first-order chi connectivity index (χ1) is 8.61. The predicted octanol–water partition coefficient (Wildman–Crippen LogP) is 1.79. The van der Waals surface area contributed by atoms with Gasteiger partial charge < -0.3 is 4.74 Å². The number of ether oxygens (including phenoxy) is 1. The lowest BCUT2D eigenvalue weighted by molar-refractivity contribution is 0.0601. The second kappa shape index (κ2) is 5.18. The van der Waals surface area contributed by atoms with Crippen molar-refractivity contribution in [1.82, 2.24) is 20.4 Å². The number of methoxy groups -OCH3 is 1. The molecule has 0 N–H and O–H groups in total. The van der Waals surface area contributed by atoms with Crippen LogP contribution in [0.15, 0.2) is 22.7 Å². The summed E-state index contributed by atoms with van der Waals surface area (Å²) in [5.74, 6) is 0.289. The zero-order valence-electron chi connectivity index (χ0n) is 9.72. The Balaban J connectivity index is 2.57. The molecule has 18 heavy (non-hydrogen) atoms. The maximum absolute atomic E-state index is 11.7. The van der Waals surface area contributed by atoms with Crippen molar-refractivity contribution in [2.75, 3.05) is 7.11 Å². The first-order valence-electron chi connectivity index (χ1n) is 5.04. The molecule has 0 saturated carbocycles. The van der Waals surface area contributed by atoms with Crippen LogP contribution in [0.1, 0.15) is 16.2 Å². The number of carbonyl (C=O) groups excluding carboxylic acids is 1. The lowest BCUT2D eigenvalue weighted by Crippen LogP contribution is -2.06. The molecule has 0 saturated heterocycles. The fraction of sp³-hybridized carbons (Fsp3) is 0.182. The Bertz CT molecular complexity index is 586. The average molecular weight is 309 g/mol. The SMILES string of the molecule is COC(=O)c1ccc(Br)cc1-c1nnc(C)nn1. The van der Waals surface area contributed by atoms with Crippen molar-refractivity contribution in [3.05, 3.63) is 34.1 Å². The fourth-order valence-electron chi connectivity index (χ4n) is 1.38. The highest BCUT2D eigenvalue weighted by Crippen LogP contribution is 2.24. The van der Waals surface area contributed by atoms with Gasteiger partial charge in [0.25, 0.3) is 0 Å². The normalized spacial score (nSPS) is 10.2. The molecule has 1 aromatic heterocycles. The maximum Gasteiger partial charge on any atom is 0.338 e. The van der Waals surface area contributed by atoms with E-state index in [1.807, 2.05) is 0 Å². The molecule has 0 amide bonds. The van der Waals surface area contributed by atoms with Crippen molar-refractivity contribution in [3.63, 3.8) is 0 Å². The molecule has 2 aromatic rings. The number of esters is 1. The van der Waals surface area contributed by atoms with Crippen LogP contribution >= 0.6 is 15.9 Å². The van der Waals surface area contributed by atoms with Crippen molar-refractivity contribution in [3.8, 4) is 11.4 Å². The minimum absolute atomic E-state index is 0.280. The molecule has 92 valence electrons. The summed E-state index contributed by atoms with van der Waals surface area (Å²) < 4.78 is 5.51. The van der Waals surface area contributed by atoms with E-state index in [0.717, 1.165) is 4.47 Å². The van der Waals surface area contributed by atoms with Gasteiger partial charge in [0, 0.05) is 10.0 Å². The van der Waals surface area contributed by atoms with Crippen LogP contribution in [0.3, 0.4) is 0 Å². The first-order valence-corrected chi connectivity index (χ1v) is 5.83. The van der Waals surface area contributed by atoms with Crippen molar-refractivity contribution in [1.29, 1.82) is 0 Å². The number of hydrogen-bond donors (Lipinski definition) is 0. The maximum atomic E-state index is 11.7. The van der Waals surface area contributed by atoms with Crippen LogP contribution in [0.2, 0.25) is 0 Å². The molecule has 6 nitrogen and oxygen atoms in total. The second-order valence-corrected chi connectivity index (χ2v) is 4.37. The van der Waals surface area contributed by atoms with Gasteiger partial charge in [0.15, 0.2) is 5.82 Å². The van der Waals surface area contributed by atoms with Crippen molar-refractivity contribution < 1.29 is 9.53 Å². The first kappa shape index (κ1) is 12.6. The zero-order valence-corrected chi connectivity index (χ0v) is 11.3. The fourth-order valence-corrected chi connectivity index (χ4v) is 1.74. The Labute approximate surface area is 112 Å². The molecule has 0 radical (unpaired) electrons. The number of halogens is 1. The topological polar surface area (TPSA) is 77.9 Å². The minimum atomic E-state index is -0.457. The van der Waals surface area contributed by atoms with Gasteiger partial charge >= 0.3 is 5.97 Å². The molecular weight excluding hydrogens is 300 g/mol. The summed E-state index contributed by atoms with van der Waals surface area (Å²) in [6, 6.07) is 5.10. The van der Waals surface area contributed by atoms with Gasteiger partial charge in [0.1, 0.15) is 0 Å². The third kappa shape index (κ3) is 2.51. The molecule has 2 rings (SSSR count). The van der Waals surface area contributed by atoms with Gasteiger partial charge in [0.2, 0.25) is 5.82 Å². The van der Waals surface area contributed by atoms with E-state index in [-0.39, 0.29) is 5.82 Å². The molecule has 0 unspecified atom stereocenters. The highest BCUT2D eigenvalue weighted by atomic mass is 79.9. The number of aromatic nitrogens is 4. The summed E-state index contributed by atoms with van der Waals surface area (Å²) >= 11 is 3.33. The van der Waals surface area contributed by atoms with E-state index < -0.39 is 5.97 Å². The van der Waals surface area contributed by atoms with Gasteiger partial charge in [-0.25, -0.2) is 4.79 Å². The minimum Gasteiger partial charge on any atom is -0.465 e. The van der Waals surface area contributed by atoms with Gasteiger partial charge in [-0.05, 0) is 25.1 Å². The lowest BCUT2D eigenvalue weighted by Gasteiger charge is -2.06. The largest absolute Gasteiger partial charge is 0.465 e. The van der Waals surface area contributed by atoms with Gasteiger partial charge in [-0.3, -0.25) is 0 Å². The van der Waals surface area contributed by atoms with Gasteiger partial charge in [0.05, 0.1) is 12.7 Å². The molecule has 7 heteroatoms. The van der Waals surface area contributed by atoms with Crippen LogP contribution in [0.4, 0.5) is 0 Å². The molecule has 0 atom stereocenters. The Morgan fingerprint density at radius 2 is 1.89 bits per heavy atom. The van der Waals surface area contributed by atoms with E-state index in [2.05, 4.69) is 36.3 Å². The van der Waals surface area contributed by atoms with E-state index in [0.29, 0.717) is 17.0 Å². The summed E-state index contributed by atoms with van der Waals surface area (Å²) in [7, 11) is 1.32. The third-order valence-corrected chi connectivity index (χ3v) is 2.70. The molecule has 0 fully saturated rings. The lowest BCUT2D eigenvalue weighted by atomic mass is 10.1. The molecule has 1 aromatic carbocycles. The highest BCUT2D eigenvalue weighted by Gasteiger charge is 2.16. The van der Waals surface area contributed by atoms with E-state index in [1.54, 1.807) is 25.1 Å². The van der Waals surface area contributed by atoms with Crippen LogP contribution in [0.5, 0.6) is 0 Å². The predicted molar refractivity (Wildman–Crippen MR) is 66.8 cm³/mol. The number of rotatable bonds is 2. The van der Waals surface area contributed by atoms with Crippen molar-refractivity contribution >= 4 is 21.9 Å². The second-order valence-electron chi connectivity index (χ2n) is 3.45. The molecule has 1 heterocycles. The monoisotopic (exact) mass is 308 g/mol. The number of hydrogen-bond acceptors (Lipinski definition) is 6. The molecule has 0 bridgehead atoms. The molecule has 0 aliphatic carbocycles. The molecule has 0 aliphatic heterocycles.